The third-order valence-corrected chi connectivity index (χ3v) is 21.9. The maximum atomic E-state index is 15.5. The number of hydrogen-bond donors (Lipinski definition) is 28. The molecule has 0 aromatic heterocycles. The van der Waals surface area contributed by atoms with Gasteiger partial charge in [0.05, 0.1) is 56.0 Å². The van der Waals surface area contributed by atoms with Crippen LogP contribution in [0, 0.1) is 0 Å². The predicted octanol–water partition coefficient (Wildman–Crippen LogP) is 0.965. The second kappa shape index (κ2) is 32.0. The van der Waals surface area contributed by atoms with E-state index in [9.17, 15) is 167 Å². The molecule has 702 valence electrons. The van der Waals surface area contributed by atoms with Crippen LogP contribution in [0.4, 0.5) is 0 Å². The Hall–Kier alpha value is -18.5. The molecule has 2 fully saturated rings. The highest BCUT2D eigenvalue weighted by molar-refractivity contribution is 6.12. The average Bonchev–Trinajstić information content (AvgIpc) is 1.32. The van der Waals surface area contributed by atoms with Crippen molar-refractivity contribution in [2.75, 3.05) is 13.2 Å². The van der Waals surface area contributed by atoms with Gasteiger partial charge >= 0.3 is 65.5 Å². The van der Waals surface area contributed by atoms with Crippen molar-refractivity contribution in [2.24, 2.45) is 0 Å². The standard InChI is InChI=1S/C82H56O53/c83-26-1-16(2-27(84)47(26)95)69(109)129-65-62-38(14-122-72(112)19-7-32(89)50(98)56(104)41(19)42-20(74(114)127-62)8-33(90)51(99)57(42)105)126-80(67(65)131-70(110)17-3-28(85)48(96)29(86)4-17)134-78(118)25-11-35(92)53(101)60(108)61(25)124-37-12-23-44(59(107)55(37)103)43-21(9-34(91)52(100)58(43)106)75(115)130-66-63-39(15-123-73(23)113)125-79(133-71(111)18-5-30(87)49(97)31(88)6-18)68(66)132-76(116)22-10-36(93)54(102)64-45(22)46-24(77(117)128-63)13-40(94)82(121,135-64)81(46,119)120/h1-13,38-39,46,62-63,65-68,79-80,83-93,95-108,119-121H,14-15H2. The summed E-state index contributed by atoms with van der Waals surface area (Å²) in [6, 6.07) is 3.47. The molecule has 0 spiro atoms. The van der Waals surface area contributed by atoms with Gasteiger partial charge in [0.15, 0.2) is 145 Å². The molecule has 0 amide bonds. The molecule has 9 aromatic rings. The number of fused-ring (bicyclic) bond motifs is 8. The molecule has 1 aliphatic carbocycles. The van der Waals surface area contributed by atoms with Crippen molar-refractivity contribution in [3.63, 3.8) is 0 Å². The lowest BCUT2D eigenvalue weighted by Crippen LogP contribution is -2.70. The SMILES string of the molecule is O=C1OC2C3COC(=O)c4cc(Oc5c(C(=O)OC6OC7COC(=O)c8cc(O)c(O)c(O)c8-c8c(cc(O)c(O)c8O)C(=O)OC7C(OC(=O)c7cc(O)c(O)c(O)c7)C6OC(=O)c6cc(O)c(O)c(O)c6)cc(O)c(O)c5O)c(O)c(O)c4-c4c(cc(O)c(O)c4O)C(=O)OC2C(OC(=O)c2cc(O)c(O)c4c2C2C1=CC(=O)C(O)(O4)C2(O)O)C(OC(=O)c1cc(O)c(O)c(O)c1)O3. The predicted molar refractivity (Wildman–Crippen MR) is 411 cm³/mol. The Morgan fingerprint density at radius 2 is 0.681 bits per heavy atom. The minimum atomic E-state index is -4.21. The lowest BCUT2D eigenvalue weighted by Gasteiger charge is -2.49. The van der Waals surface area contributed by atoms with Gasteiger partial charge in [-0.05, 0) is 66.7 Å². The Balaban J connectivity index is 0.832. The number of phenolic OH excluding ortho intramolecular Hbond substituents is 25. The molecule has 6 bridgehead atoms. The number of phenols is 25. The van der Waals surface area contributed by atoms with E-state index >= 15 is 28.8 Å². The molecule has 2 saturated heterocycles. The lowest BCUT2D eigenvalue weighted by molar-refractivity contribution is -0.339. The Morgan fingerprint density at radius 1 is 0.326 bits per heavy atom. The van der Waals surface area contributed by atoms with Crippen molar-refractivity contribution < 1.29 is 262 Å². The first-order valence-electron chi connectivity index (χ1n) is 37.6. The number of ether oxygens (including phenoxy) is 14. The van der Waals surface area contributed by atoms with E-state index in [1.165, 1.54) is 0 Å². The molecule has 53 heteroatoms. The summed E-state index contributed by atoms with van der Waals surface area (Å²) in [6.45, 7) is -3.33. The zero-order chi connectivity index (χ0) is 98.0. The third kappa shape index (κ3) is 14.4. The number of benzene rings is 9. The number of carbonyl (C=O) groups is 11. The second-order valence-electron chi connectivity index (χ2n) is 29.9. The third-order valence-electron chi connectivity index (χ3n) is 21.9. The average molecular weight is 1890 g/mol. The van der Waals surface area contributed by atoms with Crippen molar-refractivity contribution in [3.8, 4) is 183 Å². The molecule has 9 aromatic carbocycles. The molecule has 6 aliphatic heterocycles. The number of aliphatic hydroxyl groups is 3. The number of esters is 10. The van der Waals surface area contributed by atoms with Gasteiger partial charge in [-0.15, -0.1) is 0 Å². The fourth-order valence-electron chi connectivity index (χ4n) is 15.4. The molecule has 7 aliphatic rings. The molecule has 12 atom stereocenters. The van der Waals surface area contributed by atoms with Gasteiger partial charge in [-0.3, -0.25) is 4.79 Å². The summed E-state index contributed by atoms with van der Waals surface area (Å²) in [7, 11) is 0. The van der Waals surface area contributed by atoms with Crippen LogP contribution in [0.1, 0.15) is 105 Å². The summed E-state index contributed by atoms with van der Waals surface area (Å²) in [4.78, 5) is 164. The number of carbonyl (C=O) groups excluding carboxylic acids is 11. The number of aromatic hydroxyl groups is 25. The summed E-state index contributed by atoms with van der Waals surface area (Å²) in [5, 5.41) is 311. The van der Waals surface area contributed by atoms with Gasteiger partial charge in [0.1, 0.15) is 31.0 Å². The lowest BCUT2D eigenvalue weighted by atomic mass is 9.70. The Labute approximate surface area is 740 Å². The first-order chi connectivity index (χ1) is 63.4. The van der Waals surface area contributed by atoms with Crippen molar-refractivity contribution in [3.05, 3.63) is 140 Å². The highest BCUT2D eigenvalue weighted by Crippen LogP contribution is 2.62. The topological polar surface area (TPSA) is 883 Å². The molecule has 135 heavy (non-hydrogen) atoms. The van der Waals surface area contributed by atoms with Crippen LogP contribution in [0.3, 0.4) is 0 Å². The van der Waals surface area contributed by atoms with Crippen LogP contribution in [0.25, 0.3) is 22.3 Å². The summed E-state index contributed by atoms with van der Waals surface area (Å²) >= 11 is 0. The zero-order valence-corrected chi connectivity index (χ0v) is 66.0. The van der Waals surface area contributed by atoms with E-state index < -0.39 is 402 Å². The summed E-state index contributed by atoms with van der Waals surface area (Å²) in [6.07, 6.45) is -28.6. The maximum absolute atomic E-state index is 15.5. The Kier molecular flexibility index (Phi) is 21.3. The van der Waals surface area contributed by atoms with E-state index in [2.05, 4.69) is 0 Å². The number of rotatable bonds is 10. The quantitative estimate of drug-likeness (QED) is 0.0392. The van der Waals surface area contributed by atoms with Gasteiger partial charge in [-0.25, -0.2) is 47.9 Å². The van der Waals surface area contributed by atoms with Crippen LogP contribution >= 0.6 is 0 Å². The normalized spacial score (nSPS) is 22.5. The molecule has 28 N–H and O–H groups in total. The molecule has 0 saturated carbocycles. The van der Waals surface area contributed by atoms with E-state index in [-0.39, 0.29) is 36.4 Å². The van der Waals surface area contributed by atoms with Crippen molar-refractivity contribution in [2.45, 2.75) is 78.9 Å². The fraction of sp³-hybridized carbons (Fsp3) is 0.183. The highest BCUT2D eigenvalue weighted by Gasteiger charge is 2.71. The van der Waals surface area contributed by atoms with Crippen LogP contribution in [-0.4, -0.2) is 295 Å². The van der Waals surface area contributed by atoms with Crippen LogP contribution in [0.2, 0.25) is 0 Å². The zero-order valence-electron chi connectivity index (χ0n) is 66.0. The Morgan fingerprint density at radius 3 is 1.16 bits per heavy atom. The minimum absolute atomic E-state index is 0.0643. The van der Waals surface area contributed by atoms with E-state index in [0.717, 1.165) is 0 Å². The first-order valence-corrected chi connectivity index (χ1v) is 37.6. The van der Waals surface area contributed by atoms with Gasteiger partial charge in [0.25, 0.3) is 5.79 Å². The van der Waals surface area contributed by atoms with Gasteiger partial charge in [0.2, 0.25) is 70.8 Å². The smallest absolute Gasteiger partial charge is 0.344 e. The van der Waals surface area contributed by atoms with Crippen LogP contribution in [0.5, 0.6) is 161 Å². The van der Waals surface area contributed by atoms with E-state index in [1.807, 2.05) is 0 Å². The number of ketones is 1. The largest absolute Gasteiger partial charge is 0.504 e. The monoisotopic (exact) mass is 1890 g/mol. The van der Waals surface area contributed by atoms with Crippen LogP contribution in [0.15, 0.2) is 84.4 Å². The molecule has 6 heterocycles. The van der Waals surface area contributed by atoms with E-state index in [0.29, 0.717) is 42.5 Å². The van der Waals surface area contributed by atoms with E-state index in [4.69, 9.17) is 66.3 Å². The Bertz CT molecular complexity index is 6790. The molecular weight excluding hydrogens is 1830 g/mol. The summed E-state index contributed by atoms with van der Waals surface area (Å²) in [5.41, 5.74) is -19.8. The maximum Gasteiger partial charge on any atom is 0.344 e. The second-order valence-corrected chi connectivity index (χ2v) is 29.9. The molecular formula is C82H56O53. The molecule has 12 unspecified atom stereocenters. The van der Waals surface area contributed by atoms with Crippen molar-refractivity contribution in [1.82, 2.24) is 0 Å². The number of hydrogen-bond acceptors (Lipinski definition) is 53. The summed E-state index contributed by atoms with van der Waals surface area (Å²) in [5.74, 6) is -76.5. The van der Waals surface area contributed by atoms with Crippen molar-refractivity contribution in [1.29, 1.82) is 0 Å². The number of cyclic esters (lactones) is 2. The van der Waals surface area contributed by atoms with E-state index in [1.54, 1.807) is 0 Å². The molecule has 0 radical (unpaired) electrons. The van der Waals surface area contributed by atoms with Gasteiger partial charge in [-0.1, -0.05) is 0 Å². The van der Waals surface area contributed by atoms with Gasteiger partial charge in [0, 0.05) is 39.9 Å². The fourth-order valence-corrected chi connectivity index (χ4v) is 15.4. The highest BCUT2D eigenvalue weighted by atomic mass is 16.8. The molecule has 16 rings (SSSR count). The van der Waals surface area contributed by atoms with Crippen LogP contribution in [-0.2, 0) is 66.4 Å². The first kappa shape index (κ1) is 89.9. The molecule has 53 nitrogen and oxygen atoms in total. The van der Waals surface area contributed by atoms with Gasteiger partial charge < -0.3 is 209 Å². The minimum Gasteiger partial charge on any atom is -0.504 e. The van der Waals surface area contributed by atoms with Crippen molar-refractivity contribution >= 4 is 65.5 Å². The van der Waals surface area contributed by atoms with Crippen LogP contribution < -0.4 is 9.47 Å². The summed E-state index contributed by atoms with van der Waals surface area (Å²) < 4.78 is 79.9. The van der Waals surface area contributed by atoms with Gasteiger partial charge in [-0.2, -0.15) is 0 Å².